The number of amides is 1. The molecule has 0 saturated heterocycles. The Kier molecular flexibility index (Phi) is 4.71. The molecule has 2 aromatic rings. The van der Waals surface area contributed by atoms with Gasteiger partial charge in [0, 0.05) is 6.07 Å². The van der Waals surface area contributed by atoms with Crippen molar-refractivity contribution in [3.63, 3.8) is 0 Å². The average Bonchev–Trinajstić information content (AvgIpc) is 3.13. The minimum absolute atomic E-state index is 0.129. The summed E-state index contributed by atoms with van der Waals surface area (Å²) in [4.78, 5) is 20.4. The first-order valence-corrected chi connectivity index (χ1v) is 8.31. The van der Waals surface area contributed by atoms with Crippen LogP contribution in [0.5, 0.6) is 11.5 Å². The Labute approximate surface area is 144 Å². The molecule has 1 aromatic heterocycles. The number of nitrogens with zero attached hydrogens (tertiary/aromatic N) is 2. The van der Waals surface area contributed by atoms with E-state index in [-0.39, 0.29) is 5.91 Å². The summed E-state index contributed by atoms with van der Waals surface area (Å²) >= 11 is 1.51. The van der Waals surface area contributed by atoms with Crippen LogP contribution in [-0.4, -0.2) is 37.0 Å². The van der Waals surface area contributed by atoms with Crippen LogP contribution in [0.3, 0.4) is 0 Å². The Morgan fingerprint density at radius 1 is 1.25 bits per heavy atom. The number of hydrogen-bond acceptors (Lipinski definition) is 6. The predicted octanol–water partition coefficient (Wildman–Crippen LogP) is 2.87. The van der Waals surface area contributed by atoms with Crippen LogP contribution in [0.2, 0.25) is 0 Å². The van der Waals surface area contributed by atoms with Gasteiger partial charge < -0.3 is 14.3 Å². The van der Waals surface area contributed by atoms with Gasteiger partial charge in [-0.1, -0.05) is 11.2 Å². The highest BCUT2D eigenvalue weighted by Gasteiger charge is 2.32. The van der Waals surface area contributed by atoms with E-state index in [9.17, 15) is 4.79 Å². The predicted molar refractivity (Wildman–Crippen MR) is 91.5 cm³/mol. The fraction of sp³-hybridized carbons (Fsp3) is 0.294. The summed E-state index contributed by atoms with van der Waals surface area (Å²) in [6.07, 6.45) is -0.610. The molecule has 126 valence electrons. The lowest BCUT2D eigenvalue weighted by Gasteiger charge is -2.29. The minimum atomic E-state index is -0.610. The van der Waals surface area contributed by atoms with E-state index < -0.39 is 6.10 Å². The first kappa shape index (κ1) is 16.3. The Hall–Kier alpha value is -2.54. The van der Waals surface area contributed by atoms with Gasteiger partial charge in [-0.25, -0.2) is 0 Å². The topological polar surface area (TPSA) is 60.4 Å². The van der Waals surface area contributed by atoms with Crippen molar-refractivity contribution in [2.45, 2.75) is 19.6 Å². The quantitative estimate of drug-likeness (QED) is 0.835. The van der Waals surface area contributed by atoms with E-state index in [0.29, 0.717) is 23.9 Å². The molecule has 24 heavy (non-hydrogen) atoms. The van der Waals surface area contributed by atoms with Crippen LogP contribution in [-0.2, 0) is 16.2 Å². The summed E-state index contributed by atoms with van der Waals surface area (Å²) in [5.41, 5.74) is 0.887. The molecule has 1 atom stereocenters. The molecule has 6 nitrogen and oxygen atoms in total. The lowest BCUT2D eigenvalue weighted by atomic mass is 10.1. The van der Waals surface area contributed by atoms with E-state index in [1.807, 2.05) is 29.6 Å². The number of carbonyl (C=O) groups excluding carboxylic acids is 1. The van der Waals surface area contributed by atoms with Crippen molar-refractivity contribution < 1.29 is 19.1 Å². The van der Waals surface area contributed by atoms with Crippen molar-refractivity contribution in [3.8, 4) is 11.5 Å². The first-order valence-electron chi connectivity index (χ1n) is 7.43. The smallest absolute Gasteiger partial charge is 0.272 e. The van der Waals surface area contributed by atoms with Crippen molar-refractivity contribution in [2.75, 3.05) is 14.2 Å². The van der Waals surface area contributed by atoms with E-state index >= 15 is 0 Å². The number of amidine groups is 1. The van der Waals surface area contributed by atoms with Gasteiger partial charge in [-0.15, -0.1) is 11.3 Å². The van der Waals surface area contributed by atoms with Crippen molar-refractivity contribution >= 4 is 23.1 Å². The molecule has 0 bridgehead atoms. The number of carbonyl (C=O) groups is 1. The maximum Gasteiger partial charge on any atom is 0.272 e. The van der Waals surface area contributed by atoms with Gasteiger partial charge in [0.15, 0.2) is 5.84 Å². The standard InChI is InChI=1S/C17H18N2O4S/c1-11-17(20)19(16(18-23-11)15-5-4-6-24-15)10-12-7-13(21-2)9-14(8-12)22-3/h4-9,11H,10H2,1-3H3. The lowest BCUT2D eigenvalue weighted by molar-refractivity contribution is -0.142. The van der Waals surface area contributed by atoms with Gasteiger partial charge >= 0.3 is 0 Å². The molecule has 2 heterocycles. The molecular formula is C17H18N2O4S. The van der Waals surface area contributed by atoms with E-state index in [2.05, 4.69) is 5.16 Å². The second-order valence-corrected chi connectivity index (χ2v) is 6.23. The Morgan fingerprint density at radius 2 is 1.96 bits per heavy atom. The van der Waals surface area contributed by atoms with Crippen LogP contribution < -0.4 is 9.47 Å². The number of thiophene rings is 1. The van der Waals surface area contributed by atoms with E-state index in [0.717, 1.165) is 10.4 Å². The number of oxime groups is 1. The largest absolute Gasteiger partial charge is 0.497 e. The molecule has 0 fully saturated rings. The van der Waals surface area contributed by atoms with Gasteiger partial charge in [-0.2, -0.15) is 0 Å². The molecule has 1 aliphatic heterocycles. The molecule has 0 spiro atoms. The van der Waals surface area contributed by atoms with Crippen molar-refractivity contribution in [1.29, 1.82) is 0 Å². The van der Waals surface area contributed by atoms with Crippen molar-refractivity contribution in [2.24, 2.45) is 5.16 Å². The molecular weight excluding hydrogens is 328 g/mol. The van der Waals surface area contributed by atoms with Gasteiger partial charge in [0.05, 0.1) is 25.6 Å². The van der Waals surface area contributed by atoms with Crippen LogP contribution in [0.4, 0.5) is 0 Å². The fourth-order valence-electron chi connectivity index (χ4n) is 2.42. The van der Waals surface area contributed by atoms with E-state index in [1.54, 1.807) is 32.1 Å². The van der Waals surface area contributed by atoms with Gasteiger partial charge in [0.2, 0.25) is 6.10 Å². The molecule has 0 saturated carbocycles. The maximum atomic E-state index is 12.6. The SMILES string of the molecule is COc1cc(CN2C(=O)C(C)ON=C2c2cccs2)cc(OC)c1. The zero-order chi connectivity index (χ0) is 17.1. The van der Waals surface area contributed by atoms with Crippen LogP contribution in [0.25, 0.3) is 0 Å². The molecule has 1 amide bonds. The summed E-state index contributed by atoms with van der Waals surface area (Å²) in [6, 6.07) is 9.37. The van der Waals surface area contributed by atoms with Crippen LogP contribution in [0.15, 0.2) is 40.9 Å². The Morgan fingerprint density at radius 3 is 2.54 bits per heavy atom. The number of ether oxygens (including phenoxy) is 2. The maximum absolute atomic E-state index is 12.6. The first-order chi connectivity index (χ1) is 11.6. The highest BCUT2D eigenvalue weighted by atomic mass is 32.1. The van der Waals surface area contributed by atoms with Crippen molar-refractivity contribution in [3.05, 3.63) is 46.2 Å². The van der Waals surface area contributed by atoms with E-state index in [4.69, 9.17) is 14.3 Å². The molecule has 1 aliphatic rings. The average molecular weight is 346 g/mol. The Balaban J connectivity index is 1.95. The van der Waals surface area contributed by atoms with Gasteiger partial charge in [0.25, 0.3) is 5.91 Å². The Bertz CT molecular complexity index is 736. The summed E-state index contributed by atoms with van der Waals surface area (Å²) in [5, 5.41) is 6.07. The number of hydrogen-bond donors (Lipinski definition) is 0. The normalized spacial score (nSPS) is 17.3. The van der Waals surface area contributed by atoms with Crippen LogP contribution >= 0.6 is 11.3 Å². The molecule has 1 aromatic carbocycles. The number of methoxy groups -OCH3 is 2. The zero-order valence-electron chi connectivity index (χ0n) is 13.7. The summed E-state index contributed by atoms with van der Waals surface area (Å²) < 4.78 is 10.6. The molecule has 7 heteroatoms. The third-order valence-corrected chi connectivity index (χ3v) is 4.53. The summed E-state index contributed by atoms with van der Waals surface area (Å²) in [7, 11) is 3.19. The monoisotopic (exact) mass is 346 g/mol. The summed E-state index contributed by atoms with van der Waals surface area (Å²) in [5.74, 6) is 1.74. The van der Waals surface area contributed by atoms with Gasteiger partial charge in [-0.3, -0.25) is 9.69 Å². The lowest BCUT2D eigenvalue weighted by Crippen LogP contribution is -2.46. The fourth-order valence-corrected chi connectivity index (χ4v) is 3.14. The van der Waals surface area contributed by atoms with Crippen LogP contribution in [0.1, 0.15) is 17.4 Å². The zero-order valence-corrected chi connectivity index (χ0v) is 14.5. The molecule has 1 unspecified atom stereocenters. The summed E-state index contributed by atoms with van der Waals surface area (Å²) in [6.45, 7) is 2.05. The molecule has 0 aliphatic carbocycles. The second kappa shape index (κ2) is 6.92. The van der Waals surface area contributed by atoms with Gasteiger partial charge in [-0.05, 0) is 36.1 Å². The molecule has 0 N–H and O–H groups in total. The third-order valence-electron chi connectivity index (χ3n) is 3.66. The second-order valence-electron chi connectivity index (χ2n) is 5.29. The van der Waals surface area contributed by atoms with Crippen molar-refractivity contribution in [1.82, 2.24) is 4.90 Å². The van der Waals surface area contributed by atoms with E-state index in [1.165, 1.54) is 11.3 Å². The number of benzene rings is 1. The minimum Gasteiger partial charge on any atom is -0.497 e. The van der Waals surface area contributed by atoms with Gasteiger partial charge in [0.1, 0.15) is 11.5 Å². The molecule has 0 radical (unpaired) electrons. The van der Waals surface area contributed by atoms with Crippen LogP contribution in [0, 0.1) is 0 Å². The highest BCUT2D eigenvalue weighted by Crippen LogP contribution is 2.26. The molecule has 3 rings (SSSR count). The number of rotatable bonds is 5. The third kappa shape index (κ3) is 3.21. The highest BCUT2D eigenvalue weighted by molar-refractivity contribution is 7.12.